The molecule has 0 spiro atoms. The molecule has 0 bridgehead atoms. The number of nitrogens with one attached hydrogen (secondary N) is 1. The molecule has 17 heavy (non-hydrogen) atoms. The van der Waals surface area contributed by atoms with Crippen molar-refractivity contribution in [1.29, 1.82) is 0 Å². The van der Waals surface area contributed by atoms with Crippen LogP contribution in [0.3, 0.4) is 0 Å². The van der Waals surface area contributed by atoms with Crippen molar-refractivity contribution in [2.45, 2.75) is 46.2 Å². The zero-order valence-corrected chi connectivity index (χ0v) is 11.4. The van der Waals surface area contributed by atoms with Crippen molar-refractivity contribution in [1.82, 2.24) is 15.1 Å². The minimum Gasteiger partial charge on any atom is -0.396 e. The summed E-state index contributed by atoms with van der Waals surface area (Å²) in [5.41, 5.74) is 1.25. The van der Waals surface area contributed by atoms with Gasteiger partial charge in [-0.2, -0.15) is 5.10 Å². The minimum absolute atomic E-state index is 0.0441. The number of aliphatic hydroxyl groups is 1. The summed E-state index contributed by atoms with van der Waals surface area (Å²) in [6.45, 7) is 10.6. The fourth-order valence-corrected chi connectivity index (χ4v) is 1.60. The summed E-state index contributed by atoms with van der Waals surface area (Å²) in [4.78, 5) is 0. The molecule has 1 aromatic rings. The Morgan fingerprint density at radius 1 is 1.47 bits per heavy atom. The molecule has 0 saturated heterocycles. The highest BCUT2D eigenvalue weighted by molar-refractivity contribution is 5.04. The number of hydrogen-bond donors (Lipinski definition) is 2. The van der Waals surface area contributed by atoms with Crippen molar-refractivity contribution < 1.29 is 5.11 Å². The van der Waals surface area contributed by atoms with Gasteiger partial charge in [0.25, 0.3) is 0 Å². The van der Waals surface area contributed by atoms with Gasteiger partial charge in [-0.1, -0.05) is 6.92 Å². The van der Waals surface area contributed by atoms with Gasteiger partial charge in [0.15, 0.2) is 0 Å². The summed E-state index contributed by atoms with van der Waals surface area (Å²) in [5.74, 6) is 0.512. The molecule has 0 fully saturated rings. The Morgan fingerprint density at radius 2 is 2.18 bits per heavy atom. The van der Waals surface area contributed by atoms with Gasteiger partial charge in [0.2, 0.25) is 0 Å². The maximum absolute atomic E-state index is 8.80. The number of nitrogens with zero attached hydrogens (tertiary/aromatic N) is 2. The third kappa shape index (κ3) is 4.88. The number of aromatic nitrogens is 2. The summed E-state index contributed by atoms with van der Waals surface area (Å²) < 4.78 is 1.99. The predicted molar refractivity (Wildman–Crippen MR) is 69.8 cm³/mol. The summed E-state index contributed by atoms with van der Waals surface area (Å²) in [7, 11) is 0. The van der Waals surface area contributed by atoms with E-state index in [9.17, 15) is 0 Å². The van der Waals surface area contributed by atoms with Crippen LogP contribution in [0.25, 0.3) is 0 Å². The topological polar surface area (TPSA) is 50.1 Å². The molecule has 1 unspecified atom stereocenters. The monoisotopic (exact) mass is 239 g/mol. The SMILES string of the molecule is CC(CCO)CNCc1cnn(C(C)(C)C)c1. The molecule has 0 aliphatic carbocycles. The van der Waals surface area contributed by atoms with Gasteiger partial charge in [0.05, 0.1) is 11.7 Å². The third-order valence-corrected chi connectivity index (χ3v) is 2.77. The Balaban J connectivity index is 2.35. The second-order valence-corrected chi connectivity index (χ2v) is 5.71. The maximum Gasteiger partial charge on any atom is 0.0543 e. The van der Waals surface area contributed by atoms with E-state index in [2.05, 4.69) is 44.3 Å². The van der Waals surface area contributed by atoms with Gasteiger partial charge < -0.3 is 10.4 Å². The van der Waals surface area contributed by atoms with Crippen LogP contribution in [0.5, 0.6) is 0 Å². The van der Waals surface area contributed by atoms with Crippen LogP contribution in [0, 0.1) is 5.92 Å². The zero-order valence-electron chi connectivity index (χ0n) is 11.4. The second-order valence-electron chi connectivity index (χ2n) is 5.71. The first-order valence-electron chi connectivity index (χ1n) is 6.29. The predicted octanol–water partition coefficient (Wildman–Crippen LogP) is 1.75. The van der Waals surface area contributed by atoms with E-state index in [-0.39, 0.29) is 12.1 Å². The van der Waals surface area contributed by atoms with Crippen molar-refractivity contribution in [3.8, 4) is 0 Å². The highest BCUT2D eigenvalue weighted by Gasteiger charge is 2.13. The van der Waals surface area contributed by atoms with Crippen LogP contribution in [-0.2, 0) is 12.1 Å². The van der Waals surface area contributed by atoms with Crippen LogP contribution in [0.15, 0.2) is 12.4 Å². The van der Waals surface area contributed by atoms with E-state index in [1.165, 1.54) is 5.56 Å². The number of rotatable bonds is 6. The summed E-state index contributed by atoms with van der Waals surface area (Å²) in [6, 6.07) is 0. The normalized spacial score (nSPS) is 13.9. The molecule has 0 aliphatic rings. The van der Waals surface area contributed by atoms with Crippen molar-refractivity contribution in [3.63, 3.8) is 0 Å². The molecule has 1 rings (SSSR count). The molecule has 0 amide bonds. The van der Waals surface area contributed by atoms with E-state index in [4.69, 9.17) is 5.11 Å². The first kappa shape index (κ1) is 14.2. The van der Waals surface area contributed by atoms with E-state index < -0.39 is 0 Å². The van der Waals surface area contributed by atoms with Gasteiger partial charge in [-0.25, -0.2) is 0 Å². The smallest absolute Gasteiger partial charge is 0.0543 e. The van der Waals surface area contributed by atoms with Crippen LogP contribution in [0.2, 0.25) is 0 Å². The average Bonchev–Trinajstić information content (AvgIpc) is 2.66. The molecular formula is C13H25N3O. The molecule has 0 aromatic carbocycles. The van der Waals surface area contributed by atoms with Crippen molar-refractivity contribution in [2.24, 2.45) is 5.92 Å². The largest absolute Gasteiger partial charge is 0.396 e. The quantitative estimate of drug-likeness (QED) is 0.795. The molecule has 4 nitrogen and oxygen atoms in total. The lowest BCUT2D eigenvalue weighted by Gasteiger charge is -2.18. The van der Waals surface area contributed by atoms with Crippen LogP contribution < -0.4 is 5.32 Å². The Kier molecular flexibility index (Phi) is 5.15. The maximum atomic E-state index is 8.80. The zero-order chi connectivity index (χ0) is 12.9. The average molecular weight is 239 g/mol. The minimum atomic E-state index is 0.0441. The van der Waals surface area contributed by atoms with E-state index in [1.807, 2.05) is 10.9 Å². The van der Waals surface area contributed by atoms with Gasteiger partial charge in [-0.05, 0) is 39.7 Å². The standard InChI is InChI=1S/C13H25N3O/c1-11(5-6-17)7-14-8-12-9-15-16(10-12)13(2,3)4/h9-11,14,17H,5-8H2,1-4H3. The molecule has 0 radical (unpaired) electrons. The van der Waals surface area contributed by atoms with Gasteiger partial charge in [0, 0.05) is 24.9 Å². The molecule has 2 N–H and O–H groups in total. The van der Waals surface area contributed by atoms with Crippen LogP contribution in [0.1, 0.15) is 39.7 Å². The summed E-state index contributed by atoms with van der Waals surface area (Å²) in [6.07, 6.45) is 4.85. The van der Waals surface area contributed by atoms with Crippen LogP contribution >= 0.6 is 0 Å². The fourth-order valence-electron chi connectivity index (χ4n) is 1.60. The Hall–Kier alpha value is -0.870. The lowest BCUT2D eigenvalue weighted by Crippen LogP contribution is -2.23. The molecule has 1 heterocycles. The van der Waals surface area contributed by atoms with Gasteiger partial charge in [0.1, 0.15) is 0 Å². The van der Waals surface area contributed by atoms with Crippen molar-refractivity contribution in [2.75, 3.05) is 13.2 Å². The molecule has 0 aliphatic heterocycles. The van der Waals surface area contributed by atoms with Crippen LogP contribution in [-0.4, -0.2) is 28.0 Å². The molecule has 0 saturated carbocycles. The van der Waals surface area contributed by atoms with Gasteiger partial charge >= 0.3 is 0 Å². The van der Waals surface area contributed by atoms with Crippen molar-refractivity contribution >= 4 is 0 Å². The molecule has 1 atom stereocenters. The Bertz CT molecular complexity index is 328. The molecular weight excluding hydrogens is 214 g/mol. The number of aliphatic hydroxyl groups excluding tert-OH is 1. The van der Waals surface area contributed by atoms with E-state index in [1.54, 1.807) is 0 Å². The highest BCUT2D eigenvalue weighted by Crippen LogP contribution is 2.13. The fraction of sp³-hybridized carbons (Fsp3) is 0.769. The number of hydrogen-bond acceptors (Lipinski definition) is 3. The molecule has 1 aromatic heterocycles. The summed E-state index contributed by atoms with van der Waals surface area (Å²) >= 11 is 0. The molecule has 4 heteroatoms. The molecule has 98 valence electrons. The lowest BCUT2D eigenvalue weighted by atomic mass is 10.1. The van der Waals surface area contributed by atoms with Gasteiger partial charge in [-0.3, -0.25) is 4.68 Å². The lowest BCUT2D eigenvalue weighted by molar-refractivity contribution is 0.260. The third-order valence-electron chi connectivity index (χ3n) is 2.77. The van der Waals surface area contributed by atoms with Crippen molar-refractivity contribution in [3.05, 3.63) is 18.0 Å². The Labute approximate surface area is 104 Å². The highest BCUT2D eigenvalue weighted by atomic mass is 16.3. The van der Waals surface area contributed by atoms with E-state index in [0.717, 1.165) is 19.5 Å². The Morgan fingerprint density at radius 3 is 2.71 bits per heavy atom. The second kappa shape index (κ2) is 6.17. The van der Waals surface area contributed by atoms with E-state index >= 15 is 0 Å². The first-order chi connectivity index (χ1) is 7.93. The van der Waals surface area contributed by atoms with E-state index in [0.29, 0.717) is 5.92 Å². The first-order valence-corrected chi connectivity index (χ1v) is 6.29. The van der Waals surface area contributed by atoms with Gasteiger partial charge in [-0.15, -0.1) is 0 Å². The van der Waals surface area contributed by atoms with Crippen LogP contribution in [0.4, 0.5) is 0 Å². The summed E-state index contributed by atoms with van der Waals surface area (Å²) in [5, 5.41) is 16.5.